The van der Waals surface area contributed by atoms with E-state index in [0.29, 0.717) is 11.5 Å². The van der Waals surface area contributed by atoms with Crippen LogP contribution in [0.15, 0.2) is 42.5 Å². The Labute approximate surface area is 177 Å². The van der Waals surface area contributed by atoms with E-state index in [-0.39, 0.29) is 42.5 Å². The number of carbonyl (C=O) groups excluding carboxylic acids is 2. The number of nitrogens with one attached hydrogen (secondary N) is 1. The Morgan fingerprint density at radius 2 is 1.81 bits per heavy atom. The molecule has 1 aliphatic rings. The third-order valence-electron chi connectivity index (χ3n) is 4.72. The highest BCUT2D eigenvalue weighted by Crippen LogP contribution is 2.35. The summed E-state index contributed by atoms with van der Waals surface area (Å²) >= 11 is 0. The van der Waals surface area contributed by atoms with E-state index in [9.17, 15) is 22.8 Å². The van der Waals surface area contributed by atoms with Gasteiger partial charge in [-0.05, 0) is 41.3 Å². The summed E-state index contributed by atoms with van der Waals surface area (Å²) in [5.41, 5.74) is 1.35. The summed E-state index contributed by atoms with van der Waals surface area (Å²) in [4.78, 5) is 24.9. The molecule has 0 aromatic heterocycles. The quantitative estimate of drug-likeness (QED) is 0.760. The van der Waals surface area contributed by atoms with Gasteiger partial charge in [0.25, 0.3) is 5.91 Å². The Kier molecular flexibility index (Phi) is 6.15. The second-order valence-corrected chi connectivity index (χ2v) is 8.09. The molecule has 0 fully saturated rings. The zero-order valence-corrected chi connectivity index (χ0v) is 17.4. The van der Waals surface area contributed by atoms with Gasteiger partial charge in [-0.2, -0.15) is 13.2 Å². The Morgan fingerprint density at radius 3 is 2.42 bits per heavy atom. The lowest BCUT2D eigenvalue weighted by Gasteiger charge is -2.29. The van der Waals surface area contributed by atoms with Crippen molar-refractivity contribution in [3.8, 4) is 11.5 Å². The number of ether oxygens (including phenoxy) is 2. The molecule has 2 aromatic carbocycles. The normalized spacial score (nSPS) is 14.0. The molecule has 9 heteroatoms. The van der Waals surface area contributed by atoms with Crippen LogP contribution in [0.4, 0.5) is 24.5 Å². The number of amides is 2. The Balaban J connectivity index is 1.69. The lowest BCUT2D eigenvalue weighted by Crippen LogP contribution is -2.41. The highest BCUT2D eigenvalue weighted by atomic mass is 19.4. The summed E-state index contributed by atoms with van der Waals surface area (Å²) in [6, 6.07) is 11.6. The zero-order valence-electron chi connectivity index (χ0n) is 17.4. The van der Waals surface area contributed by atoms with Gasteiger partial charge in [0.1, 0.15) is 18.1 Å². The minimum atomic E-state index is -5.02. The lowest BCUT2D eigenvalue weighted by atomic mass is 9.87. The first-order chi connectivity index (χ1) is 14.4. The first kappa shape index (κ1) is 22.5. The standard InChI is InChI=1S/C22H23F3N2O4/c1-21(2,3)14-4-7-16(8-5-14)30-11-10-27-17-12-15(26-20(29)22(23,24)25)6-9-18(17)31-13-19(27)28/h4-9,12H,10-11,13H2,1-3H3,(H,26,29). The molecule has 0 unspecified atom stereocenters. The van der Waals surface area contributed by atoms with Crippen molar-refractivity contribution >= 4 is 23.2 Å². The van der Waals surface area contributed by atoms with Gasteiger partial charge in [0, 0.05) is 5.69 Å². The molecule has 31 heavy (non-hydrogen) atoms. The molecule has 1 N–H and O–H groups in total. The summed E-state index contributed by atoms with van der Waals surface area (Å²) in [6.07, 6.45) is -5.02. The number of benzene rings is 2. The first-order valence-electron chi connectivity index (χ1n) is 9.64. The van der Waals surface area contributed by atoms with Crippen molar-refractivity contribution in [3.63, 3.8) is 0 Å². The van der Waals surface area contributed by atoms with E-state index in [1.165, 1.54) is 23.1 Å². The van der Waals surface area contributed by atoms with Crippen LogP contribution in [0.25, 0.3) is 0 Å². The number of carbonyl (C=O) groups is 2. The lowest BCUT2D eigenvalue weighted by molar-refractivity contribution is -0.167. The van der Waals surface area contributed by atoms with Crippen LogP contribution in [0.3, 0.4) is 0 Å². The summed E-state index contributed by atoms with van der Waals surface area (Å²) < 4.78 is 48.6. The predicted molar refractivity (Wildman–Crippen MR) is 110 cm³/mol. The van der Waals surface area contributed by atoms with Crippen LogP contribution in [0.1, 0.15) is 26.3 Å². The molecular formula is C22H23F3N2O4. The average Bonchev–Trinajstić information content (AvgIpc) is 2.68. The second kappa shape index (κ2) is 8.49. The second-order valence-electron chi connectivity index (χ2n) is 8.09. The number of hydrogen-bond acceptors (Lipinski definition) is 4. The highest BCUT2D eigenvalue weighted by Gasteiger charge is 2.39. The van der Waals surface area contributed by atoms with Gasteiger partial charge in [0.2, 0.25) is 0 Å². The summed E-state index contributed by atoms with van der Waals surface area (Å²) in [5.74, 6) is -1.48. The number of nitrogens with zero attached hydrogens (tertiary/aromatic N) is 1. The van der Waals surface area contributed by atoms with Gasteiger partial charge >= 0.3 is 12.1 Å². The number of hydrogen-bond donors (Lipinski definition) is 1. The van der Waals surface area contributed by atoms with E-state index in [0.717, 1.165) is 5.56 Å². The van der Waals surface area contributed by atoms with Crippen LogP contribution in [0, 0.1) is 0 Å². The molecule has 2 aromatic rings. The van der Waals surface area contributed by atoms with Crippen LogP contribution in [0.2, 0.25) is 0 Å². The SMILES string of the molecule is CC(C)(C)c1ccc(OCCN2C(=O)COc3ccc(NC(=O)C(F)(F)F)cc32)cc1. The fraction of sp³-hybridized carbons (Fsp3) is 0.364. The molecule has 0 atom stereocenters. The maximum Gasteiger partial charge on any atom is 0.471 e. The Hall–Kier alpha value is -3.23. The molecule has 6 nitrogen and oxygen atoms in total. The van der Waals surface area contributed by atoms with Crippen LogP contribution in [-0.4, -0.2) is 37.7 Å². The van der Waals surface area contributed by atoms with E-state index >= 15 is 0 Å². The molecular weight excluding hydrogens is 413 g/mol. The molecule has 166 valence electrons. The number of rotatable bonds is 5. The van der Waals surface area contributed by atoms with Gasteiger partial charge < -0.3 is 19.7 Å². The Morgan fingerprint density at radius 1 is 1.13 bits per heavy atom. The number of fused-ring (bicyclic) bond motifs is 1. The van der Waals surface area contributed by atoms with Crippen molar-refractivity contribution in [2.24, 2.45) is 0 Å². The van der Waals surface area contributed by atoms with Crippen molar-refractivity contribution in [2.75, 3.05) is 30.0 Å². The molecule has 0 aliphatic carbocycles. The van der Waals surface area contributed by atoms with Crippen molar-refractivity contribution in [1.29, 1.82) is 0 Å². The fourth-order valence-corrected chi connectivity index (χ4v) is 3.03. The van der Waals surface area contributed by atoms with Gasteiger partial charge in [0.15, 0.2) is 6.61 Å². The topological polar surface area (TPSA) is 67.9 Å². The number of alkyl halides is 3. The predicted octanol–water partition coefficient (Wildman–Crippen LogP) is 4.29. The van der Waals surface area contributed by atoms with E-state index in [4.69, 9.17) is 9.47 Å². The molecule has 1 aliphatic heterocycles. The minimum absolute atomic E-state index is 0.0156. The largest absolute Gasteiger partial charge is 0.492 e. The molecule has 0 spiro atoms. The number of anilines is 2. The molecule has 0 saturated carbocycles. The smallest absolute Gasteiger partial charge is 0.471 e. The van der Waals surface area contributed by atoms with Gasteiger partial charge in [-0.3, -0.25) is 9.59 Å². The molecule has 1 heterocycles. The zero-order chi connectivity index (χ0) is 22.8. The third kappa shape index (κ3) is 5.48. The van der Waals surface area contributed by atoms with Gasteiger partial charge in [0.05, 0.1) is 12.2 Å². The highest BCUT2D eigenvalue weighted by molar-refractivity contribution is 6.00. The summed E-state index contributed by atoms with van der Waals surface area (Å²) in [7, 11) is 0. The van der Waals surface area contributed by atoms with Crippen LogP contribution < -0.4 is 19.7 Å². The van der Waals surface area contributed by atoms with Crippen LogP contribution in [-0.2, 0) is 15.0 Å². The molecule has 0 bridgehead atoms. The van der Waals surface area contributed by atoms with Crippen molar-refractivity contribution < 1.29 is 32.2 Å². The van der Waals surface area contributed by atoms with Crippen LogP contribution >= 0.6 is 0 Å². The van der Waals surface area contributed by atoms with E-state index in [2.05, 4.69) is 20.8 Å². The maximum atomic E-state index is 12.5. The maximum absolute atomic E-state index is 12.5. The first-order valence-corrected chi connectivity index (χ1v) is 9.64. The minimum Gasteiger partial charge on any atom is -0.492 e. The van der Waals surface area contributed by atoms with Crippen molar-refractivity contribution in [3.05, 3.63) is 48.0 Å². The average molecular weight is 436 g/mol. The third-order valence-corrected chi connectivity index (χ3v) is 4.72. The number of halogens is 3. The van der Waals surface area contributed by atoms with E-state index in [1.807, 2.05) is 24.3 Å². The Bertz CT molecular complexity index is 966. The molecule has 0 radical (unpaired) electrons. The van der Waals surface area contributed by atoms with Gasteiger partial charge in [-0.1, -0.05) is 32.9 Å². The van der Waals surface area contributed by atoms with Crippen LogP contribution in [0.5, 0.6) is 11.5 Å². The van der Waals surface area contributed by atoms with E-state index in [1.54, 1.807) is 5.32 Å². The van der Waals surface area contributed by atoms with Crippen molar-refractivity contribution in [1.82, 2.24) is 0 Å². The molecule has 3 rings (SSSR count). The van der Waals surface area contributed by atoms with Crippen molar-refractivity contribution in [2.45, 2.75) is 32.4 Å². The fourth-order valence-electron chi connectivity index (χ4n) is 3.03. The summed E-state index contributed by atoms with van der Waals surface area (Å²) in [5, 5.41) is 1.78. The monoisotopic (exact) mass is 436 g/mol. The molecule has 0 saturated heterocycles. The summed E-state index contributed by atoms with van der Waals surface area (Å²) in [6.45, 7) is 6.45. The molecule has 2 amide bonds. The van der Waals surface area contributed by atoms with E-state index < -0.39 is 12.1 Å². The van der Waals surface area contributed by atoms with Gasteiger partial charge in [-0.25, -0.2) is 0 Å². The van der Waals surface area contributed by atoms with Gasteiger partial charge in [-0.15, -0.1) is 0 Å².